The highest BCUT2D eigenvalue weighted by atomic mass is 32.2. The van der Waals surface area contributed by atoms with Gasteiger partial charge in [-0.25, -0.2) is 13.1 Å². The van der Waals surface area contributed by atoms with E-state index in [9.17, 15) is 13.2 Å². The molecule has 36 heavy (non-hydrogen) atoms. The van der Waals surface area contributed by atoms with Gasteiger partial charge < -0.3 is 4.57 Å². The van der Waals surface area contributed by atoms with E-state index in [0.29, 0.717) is 12.1 Å². The van der Waals surface area contributed by atoms with Crippen molar-refractivity contribution in [1.29, 1.82) is 0 Å². The molecule has 0 saturated carbocycles. The molecule has 1 N–H and O–H groups in total. The molecular formula is C29H33N3O3S. The van der Waals surface area contributed by atoms with E-state index in [0.717, 1.165) is 46.3 Å². The highest BCUT2D eigenvalue weighted by Crippen LogP contribution is 2.28. The molecule has 0 aliphatic heterocycles. The third kappa shape index (κ3) is 5.42. The van der Waals surface area contributed by atoms with Crippen LogP contribution < -0.4 is 10.3 Å². The molecule has 4 rings (SSSR count). The number of nitrogens with zero attached hydrogens (tertiary/aromatic N) is 2. The van der Waals surface area contributed by atoms with Crippen LogP contribution in [-0.2, 0) is 29.4 Å². The molecule has 0 saturated heterocycles. The monoisotopic (exact) mass is 503 g/mol. The van der Waals surface area contributed by atoms with Crippen LogP contribution in [0.3, 0.4) is 0 Å². The van der Waals surface area contributed by atoms with Gasteiger partial charge in [-0.15, -0.1) is 0 Å². The number of hydrogen-bond donors (Lipinski definition) is 1. The number of aryl methyl sites for hydroxylation is 2. The first-order chi connectivity index (χ1) is 17.0. The van der Waals surface area contributed by atoms with Gasteiger partial charge in [0.2, 0.25) is 10.0 Å². The lowest BCUT2D eigenvalue weighted by molar-refractivity contribution is 0.491. The Balaban J connectivity index is 1.72. The van der Waals surface area contributed by atoms with E-state index in [4.69, 9.17) is 4.98 Å². The molecule has 0 unspecified atom stereocenters. The molecule has 7 heteroatoms. The number of benzene rings is 2. The second-order valence-electron chi connectivity index (χ2n) is 10.0. The summed E-state index contributed by atoms with van der Waals surface area (Å²) in [6.45, 7) is 10.0. The Morgan fingerprint density at radius 3 is 2.25 bits per heavy atom. The van der Waals surface area contributed by atoms with Crippen LogP contribution >= 0.6 is 0 Å². The molecule has 188 valence electrons. The number of rotatable bonds is 7. The summed E-state index contributed by atoms with van der Waals surface area (Å²) in [6.07, 6.45) is 1.59. The molecule has 0 amide bonds. The van der Waals surface area contributed by atoms with Crippen LogP contribution in [0.25, 0.3) is 22.0 Å². The largest absolute Gasteiger partial charge is 0.304 e. The quantitative estimate of drug-likeness (QED) is 0.370. The zero-order chi connectivity index (χ0) is 26.1. The third-order valence-corrected chi connectivity index (χ3v) is 7.85. The van der Waals surface area contributed by atoms with E-state index in [1.54, 1.807) is 22.8 Å². The maximum absolute atomic E-state index is 13.1. The van der Waals surface area contributed by atoms with Gasteiger partial charge in [0.1, 0.15) is 0 Å². The van der Waals surface area contributed by atoms with Crippen molar-refractivity contribution < 1.29 is 8.42 Å². The normalized spacial score (nSPS) is 12.2. The highest BCUT2D eigenvalue weighted by Gasteiger charge is 2.24. The lowest BCUT2D eigenvalue weighted by atomic mass is 10.0. The van der Waals surface area contributed by atoms with Crippen molar-refractivity contribution >= 4 is 20.9 Å². The summed E-state index contributed by atoms with van der Waals surface area (Å²) in [7, 11) is -3.70. The summed E-state index contributed by atoms with van der Waals surface area (Å²) in [5.41, 5.74) is 4.58. The van der Waals surface area contributed by atoms with E-state index in [1.807, 2.05) is 69.3 Å². The molecule has 2 aromatic carbocycles. The average Bonchev–Trinajstić information content (AvgIpc) is 2.84. The van der Waals surface area contributed by atoms with Gasteiger partial charge in [-0.3, -0.25) is 9.78 Å². The zero-order valence-corrected chi connectivity index (χ0v) is 22.3. The average molecular weight is 504 g/mol. The Morgan fingerprint density at radius 2 is 1.61 bits per heavy atom. The van der Waals surface area contributed by atoms with Crippen LogP contribution in [0.1, 0.15) is 51.6 Å². The summed E-state index contributed by atoms with van der Waals surface area (Å²) in [5, 5.41) is 0.997. The first kappa shape index (κ1) is 25.8. The number of hydrogen-bond acceptors (Lipinski definition) is 4. The molecule has 0 spiro atoms. The smallest absolute Gasteiger partial charge is 0.251 e. The van der Waals surface area contributed by atoms with Crippen molar-refractivity contribution in [3.8, 4) is 11.1 Å². The molecule has 0 bridgehead atoms. The fraction of sp³-hybridized carbons (Fsp3) is 0.310. The van der Waals surface area contributed by atoms with E-state index < -0.39 is 15.6 Å². The summed E-state index contributed by atoms with van der Waals surface area (Å²) in [6, 6.07) is 20.2. The Hall–Kier alpha value is -3.29. The number of sulfonamides is 1. The predicted molar refractivity (Wildman–Crippen MR) is 146 cm³/mol. The van der Waals surface area contributed by atoms with Gasteiger partial charge >= 0.3 is 0 Å². The number of aromatic nitrogens is 2. The van der Waals surface area contributed by atoms with Gasteiger partial charge in [-0.05, 0) is 62.9 Å². The zero-order valence-electron chi connectivity index (χ0n) is 21.5. The van der Waals surface area contributed by atoms with Crippen LogP contribution in [0.2, 0.25) is 0 Å². The second kappa shape index (κ2) is 9.99. The van der Waals surface area contributed by atoms with E-state index >= 15 is 0 Å². The van der Waals surface area contributed by atoms with Crippen molar-refractivity contribution in [2.75, 3.05) is 0 Å². The minimum Gasteiger partial charge on any atom is -0.304 e. The van der Waals surface area contributed by atoms with Crippen LogP contribution in [0.15, 0.2) is 76.4 Å². The first-order valence-corrected chi connectivity index (χ1v) is 13.8. The Labute approximate surface area is 213 Å². The van der Waals surface area contributed by atoms with Crippen molar-refractivity contribution in [1.82, 2.24) is 14.3 Å². The van der Waals surface area contributed by atoms with Crippen LogP contribution in [0.4, 0.5) is 0 Å². The molecular weight excluding hydrogens is 470 g/mol. The maximum Gasteiger partial charge on any atom is 0.251 e. The third-order valence-electron chi connectivity index (χ3n) is 6.04. The van der Waals surface area contributed by atoms with Gasteiger partial charge in [-0.1, -0.05) is 56.3 Å². The van der Waals surface area contributed by atoms with Crippen LogP contribution in [0.5, 0.6) is 0 Å². The topological polar surface area (TPSA) is 81.1 Å². The van der Waals surface area contributed by atoms with Gasteiger partial charge in [-0.2, -0.15) is 0 Å². The number of nitrogens with one attached hydrogen (secondary N) is 1. The highest BCUT2D eigenvalue weighted by molar-refractivity contribution is 7.89. The Morgan fingerprint density at radius 1 is 0.917 bits per heavy atom. The van der Waals surface area contributed by atoms with Gasteiger partial charge in [0.05, 0.1) is 17.0 Å². The standard InChI is InChI=1S/C29H33N3O3S/c1-6-22-18-26-24(25(7-2)30-22)16-17-28(33)32(26)19-20-12-14-21(15-13-20)23-10-8-9-11-27(23)36(34,35)31-29(3,4)5/h8-18,31H,6-7,19H2,1-5H3. The lowest BCUT2D eigenvalue weighted by Gasteiger charge is -2.21. The summed E-state index contributed by atoms with van der Waals surface area (Å²) < 4.78 is 30.6. The second-order valence-corrected chi connectivity index (χ2v) is 11.7. The summed E-state index contributed by atoms with van der Waals surface area (Å²) in [4.78, 5) is 17.8. The Kier molecular flexibility index (Phi) is 7.16. The summed E-state index contributed by atoms with van der Waals surface area (Å²) >= 11 is 0. The molecule has 2 aromatic heterocycles. The van der Waals surface area contributed by atoms with Gasteiger partial charge in [0.15, 0.2) is 0 Å². The van der Waals surface area contributed by atoms with Crippen molar-refractivity contribution in [3.05, 3.63) is 94.0 Å². The molecule has 4 aromatic rings. The number of fused-ring (bicyclic) bond motifs is 1. The van der Waals surface area contributed by atoms with Crippen molar-refractivity contribution in [3.63, 3.8) is 0 Å². The molecule has 0 aliphatic rings. The lowest BCUT2D eigenvalue weighted by Crippen LogP contribution is -2.40. The van der Waals surface area contributed by atoms with Gasteiger partial charge in [0, 0.05) is 33.9 Å². The molecule has 0 aliphatic carbocycles. The maximum atomic E-state index is 13.1. The predicted octanol–water partition coefficient (Wildman–Crippen LogP) is 5.31. The van der Waals surface area contributed by atoms with E-state index in [2.05, 4.69) is 18.6 Å². The summed E-state index contributed by atoms with van der Waals surface area (Å²) in [5.74, 6) is 0. The van der Waals surface area contributed by atoms with Crippen molar-refractivity contribution in [2.45, 2.75) is 64.4 Å². The minimum absolute atomic E-state index is 0.0634. The van der Waals surface area contributed by atoms with E-state index in [1.165, 1.54) is 0 Å². The fourth-order valence-electron chi connectivity index (χ4n) is 4.40. The van der Waals surface area contributed by atoms with Crippen LogP contribution in [-0.4, -0.2) is 23.5 Å². The number of pyridine rings is 2. The van der Waals surface area contributed by atoms with Crippen molar-refractivity contribution in [2.24, 2.45) is 0 Å². The molecule has 0 radical (unpaired) electrons. The molecule has 0 fully saturated rings. The molecule has 2 heterocycles. The minimum atomic E-state index is -3.70. The van der Waals surface area contributed by atoms with E-state index in [-0.39, 0.29) is 10.5 Å². The Bertz CT molecular complexity index is 1560. The van der Waals surface area contributed by atoms with Crippen LogP contribution in [0, 0.1) is 0 Å². The molecule has 0 atom stereocenters. The first-order valence-electron chi connectivity index (χ1n) is 12.3. The fourth-order valence-corrected chi connectivity index (χ4v) is 6.05. The SMILES string of the molecule is CCc1cc2c(ccc(=O)n2Cc2ccc(-c3ccccc3S(=O)(=O)NC(C)(C)C)cc2)c(CC)n1. The van der Waals surface area contributed by atoms with Gasteiger partial charge in [0.25, 0.3) is 5.56 Å². The molecule has 6 nitrogen and oxygen atoms in total.